The van der Waals surface area contributed by atoms with Gasteiger partial charge in [-0.15, -0.1) is 0 Å². The van der Waals surface area contributed by atoms with Crippen LogP contribution in [0, 0.1) is 0 Å². The van der Waals surface area contributed by atoms with Crippen molar-refractivity contribution in [3.63, 3.8) is 0 Å². The van der Waals surface area contributed by atoms with E-state index < -0.39 is 17.8 Å². The number of para-hydroxylation sites is 1. The first-order chi connectivity index (χ1) is 9.93. The standard InChI is InChI=1S/C16H16F3NO/c1-11(20-15-9-5-2-6-12(15)10-21)13-7-3-4-8-14(13)16(17,18)19/h2-9,11,20-21H,10H2,1H3. The molecule has 2 rings (SSSR count). The second kappa shape index (κ2) is 6.18. The van der Waals surface area contributed by atoms with Crippen molar-refractivity contribution in [1.29, 1.82) is 0 Å². The van der Waals surface area contributed by atoms with E-state index in [2.05, 4.69) is 5.32 Å². The average Bonchev–Trinajstić information content (AvgIpc) is 2.47. The number of anilines is 1. The highest BCUT2D eigenvalue weighted by molar-refractivity contribution is 5.53. The van der Waals surface area contributed by atoms with Gasteiger partial charge in [0, 0.05) is 17.3 Å². The average molecular weight is 295 g/mol. The molecule has 0 saturated carbocycles. The molecule has 2 aromatic carbocycles. The van der Waals surface area contributed by atoms with Gasteiger partial charge >= 0.3 is 6.18 Å². The van der Waals surface area contributed by atoms with Crippen LogP contribution in [0.4, 0.5) is 18.9 Å². The van der Waals surface area contributed by atoms with Crippen molar-refractivity contribution in [3.05, 3.63) is 65.2 Å². The van der Waals surface area contributed by atoms with E-state index in [1.807, 2.05) is 0 Å². The molecule has 0 fully saturated rings. The molecule has 1 unspecified atom stereocenters. The predicted octanol–water partition coefficient (Wildman–Crippen LogP) is 4.37. The first-order valence-electron chi connectivity index (χ1n) is 6.55. The van der Waals surface area contributed by atoms with Crippen LogP contribution in [0.3, 0.4) is 0 Å². The van der Waals surface area contributed by atoms with E-state index in [0.29, 0.717) is 11.3 Å². The molecule has 0 amide bonds. The van der Waals surface area contributed by atoms with Crippen LogP contribution in [0.1, 0.15) is 29.7 Å². The van der Waals surface area contributed by atoms with Crippen LogP contribution in [-0.4, -0.2) is 5.11 Å². The van der Waals surface area contributed by atoms with Crippen molar-refractivity contribution in [3.8, 4) is 0 Å². The maximum absolute atomic E-state index is 13.0. The van der Waals surface area contributed by atoms with Gasteiger partial charge in [-0.2, -0.15) is 13.2 Å². The molecule has 0 radical (unpaired) electrons. The highest BCUT2D eigenvalue weighted by atomic mass is 19.4. The number of hydrogen-bond acceptors (Lipinski definition) is 2. The molecular weight excluding hydrogens is 279 g/mol. The topological polar surface area (TPSA) is 32.3 Å². The monoisotopic (exact) mass is 295 g/mol. The number of rotatable bonds is 4. The first kappa shape index (κ1) is 15.4. The lowest BCUT2D eigenvalue weighted by atomic mass is 10.0. The molecule has 0 aliphatic rings. The zero-order valence-electron chi connectivity index (χ0n) is 11.5. The molecule has 0 aromatic heterocycles. The van der Waals surface area contributed by atoms with Crippen molar-refractivity contribution in [2.45, 2.75) is 25.7 Å². The van der Waals surface area contributed by atoms with Crippen LogP contribution in [0.25, 0.3) is 0 Å². The molecular formula is C16H16F3NO. The van der Waals surface area contributed by atoms with Gasteiger partial charge in [-0.1, -0.05) is 36.4 Å². The van der Waals surface area contributed by atoms with Crippen LogP contribution in [0.15, 0.2) is 48.5 Å². The normalized spacial score (nSPS) is 13.0. The molecule has 0 bridgehead atoms. The summed E-state index contributed by atoms with van der Waals surface area (Å²) in [6.45, 7) is 1.50. The van der Waals surface area contributed by atoms with Crippen molar-refractivity contribution < 1.29 is 18.3 Å². The second-order valence-electron chi connectivity index (χ2n) is 4.77. The molecule has 1 atom stereocenters. The number of nitrogens with one attached hydrogen (secondary N) is 1. The number of hydrogen-bond donors (Lipinski definition) is 2. The van der Waals surface area contributed by atoms with Crippen molar-refractivity contribution in [1.82, 2.24) is 0 Å². The fraction of sp³-hybridized carbons (Fsp3) is 0.250. The smallest absolute Gasteiger partial charge is 0.392 e. The Kier molecular flexibility index (Phi) is 4.53. The van der Waals surface area contributed by atoms with Crippen molar-refractivity contribution in [2.75, 3.05) is 5.32 Å². The third kappa shape index (κ3) is 3.55. The molecule has 2 N–H and O–H groups in total. The number of aliphatic hydroxyl groups excluding tert-OH is 1. The fourth-order valence-electron chi connectivity index (χ4n) is 2.24. The fourth-order valence-corrected chi connectivity index (χ4v) is 2.24. The zero-order chi connectivity index (χ0) is 15.5. The van der Waals surface area contributed by atoms with Crippen LogP contribution < -0.4 is 5.32 Å². The molecule has 0 aliphatic heterocycles. The third-order valence-corrected chi connectivity index (χ3v) is 3.29. The van der Waals surface area contributed by atoms with Gasteiger partial charge in [0.2, 0.25) is 0 Å². The lowest BCUT2D eigenvalue weighted by Gasteiger charge is -2.21. The molecule has 0 spiro atoms. The zero-order valence-corrected chi connectivity index (χ0v) is 11.5. The van der Waals surface area contributed by atoms with Crippen LogP contribution in [0.5, 0.6) is 0 Å². The Bertz CT molecular complexity index is 610. The number of halogens is 3. The Morgan fingerprint density at radius 3 is 2.33 bits per heavy atom. The summed E-state index contributed by atoms with van der Waals surface area (Å²) >= 11 is 0. The van der Waals surface area contributed by atoms with Crippen molar-refractivity contribution >= 4 is 5.69 Å². The number of alkyl halides is 3. The summed E-state index contributed by atoms with van der Waals surface area (Å²) in [5.41, 5.74) is 0.808. The van der Waals surface area contributed by atoms with Gasteiger partial charge in [0.05, 0.1) is 12.2 Å². The summed E-state index contributed by atoms with van der Waals surface area (Å²) in [6.07, 6.45) is -4.39. The Hall–Kier alpha value is -2.01. The maximum Gasteiger partial charge on any atom is 0.416 e. The summed E-state index contributed by atoms with van der Waals surface area (Å²) in [6, 6.07) is 12.0. The Morgan fingerprint density at radius 1 is 1.05 bits per heavy atom. The van der Waals surface area contributed by atoms with E-state index >= 15 is 0 Å². The summed E-state index contributed by atoms with van der Waals surface area (Å²) < 4.78 is 39.1. The second-order valence-corrected chi connectivity index (χ2v) is 4.77. The molecule has 2 aromatic rings. The minimum absolute atomic E-state index is 0.170. The first-order valence-corrected chi connectivity index (χ1v) is 6.55. The van der Waals surface area contributed by atoms with E-state index in [4.69, 9.17) is 0 Å². The highest BCUT2D eigenvalue weighted by Gasteiger charge is 2.34. The van der Waals surface area contributed by atoms with Gasteiger partial charge in [0.25, 0.3) is 0 Å². The molecule has 21 heavy (non-hydrogen) atoms. The lowest BCUT2D eigenvalue weighted by Crippen LogP contribution is -2.15. The van der Waals surface area contributed by atoms with Gasteiger partial charge in [0.15, 0.2) is 0 Å². The number of aliphatic hydroxyl groups is 1. The van der Waals surface area contributed by atoms with E-state index in [1.165, 1.54) is 12.1 Å². The molecule has 112 valence electrons. The minimum atomic E-state index is -4.39. The lowest BCUT2D eigenvalue weighted by molar-refractivity contribution is -0.138. The van der Waals surface area contributed by atoms with E-state index in [9.17, 15) is 18.3 Å². The third-order valence-electron chi connectivity index (χ3n) is 3.29. The van der Waals surface area contributed by atoms with Gasteiger partial charge < -0.3 is 10.4 Å². The minimum Gasteiger partial charge on any atom is -0.392 e. The molecule has 5 heteroatoms. The van der Waals surface area contributed by atoms with E-state index in [-0.39, 0.29) is 12.2 Å². The van der Waals surface area contributed by atoms with E-state index in [0.717, 1.165) is 6.07 Å². The Labute approximate surface area is 121 Å². The summed E-state index contributed by atoms with van der Waals surface area (Å²) in [5.74, 6) is 0. The van der Waals surface area contributed by atoms with Crippen LogP contribution >= 0.6 is 0 Å². The number of benzene rings is 2. The Balaban J connectivity index is 2.31. The predicted molar refractivity (Wildman–Crippen MR) is 75.8 cm³/mol. The van der Waals surface area contributed by atoms with Crippen LogP contribution in [-0.2, 0) is 12.8 Å². The largest absolute Gasteiger partial charge is 0.416 e. The maximum atomic E-state index is 13.0. The van der Waals surface area contributed by atoms with Gasteiger partial charge in [-0.3, -0.25) is 0 Å². The SMILES string of the molecule is CC(Nc1ccccc1CO)c1ccccc1C(F)(F)F. The van der Waals surface area contributed by atoms with Gasteiger partial charge in [-0.05, 0) is 24.6 Å². The van der Waals surface area contributed by atoms with Gasteiger partial charge in [-0.25, -0.2) is 0 Å². The molecule has 0 aliphatic carbocycles. The van der Waals surface area contributed by atoms with Gasteiger partial charge in [0.1, 0.15) is 0 Å². The molecule has 0 heterocycles. The summed E-state index contributed by atoms with van der Waals surface area (Å²) in [7, 11) is 0. The molecule has 0 saturated heterocycles. The van der Waals surface area contributed by atoms with E-state index in [1.54, 1.807) is 37.3 Å². The highest BCUT2D eigenvalue weighted by Crippen LogP contribution is 2.35. The quantitative estimate of drug-likeness (QED) is 0.877. The molecule has 2 nitrogen and oxygen atoms in total. The summed E-state index contributed by atoms with van der Waals surface area (Å²) in [4.78, 5) is 0. The summed E-state index contributed by atoms with van der Waals surface area (Å²) in [5, 5.41) is 12.3. The van der Waals surface area contributed by atoms with Crippen LogP contribution in [0.2, 0.25) is 0 Å². The van der Waals surface area contributed by atoms with Crippen molar-refractivity contribution in [2.24, 2.45) is 0 Å². The Morgan fingerprint density at radius 2 is 1.67 bits per heavy atom.